The van der Waals surface area contributed by atoms with Crippen LogP contribution in [-0.2, 0) is 4.74 Å². The average molecular weight is 369 g/mol. The highest BCUT2D eigenvalue weighted by molar-refractivity contribution is 5.90. The molecule has 1 rings (SSSR count). The van der Waals surface area contributed by atoms with Crippen LogP contribution in [0.3, 0.4) is 0 Å². The summed E-state index contributed by atoms with van der Waals surface area (Å²) in [5, 5.41) is 0. The molecule has 0 saturated carbocycles. The summed E-state index contributed by atoms with van der Waals surface area (Å²) in [5.74, 6) is -2.65. The highest BCUT2D eigenvalue weighted by Gasteiger charge is 2.21. The van der Waals surface area contributed by atoms with Crippen molar-refractivity contribution < 1.29 is 18.3 Å². The van der Waals surface area contributed by atoms with E-state index in [0.717, 1.165) is 31.4 Å². The fourth-order valence-corrected chi connectivity index (χ4v) is 3.11. The summed E-state index contributed by atoms with van der Waals surface area (Å²) < 4.78 is 32.6. The van der Waals surface area contributed by atoms with E-state index in [2.05, 4.69) is 6.92 Å². The predicted molar refractivity (Wildman–Crippen MR) is 102 cm³/mol. The van der Waals surface area contributed by atoms with E-state index < -0.39 is 23.2 Å². The second-order valence-corrected chi connectivity index (χ2v) is 7.00. The lowest BCUT2D eigenvalue weighted by molar-refractivity contribution is 0.0256. The van der Waals surface area contributed by atoms with Gasteiger partial charge in [0.2, 0.25) is 0 Å². The molecule has 2 nitrogen and oxygen atoms in total. The predicted octanol–water partition coefficient (Wildman–Crippen LogP) is 7.21. The molecule has 0 N–H and O–H groups in total. The Labute approximate surface area is 157 Å². The molecule has 0 aliphatic heterocycles. The largest absolute Gasteiger partial charge is 0.459 e. The molecular formula is C22H34F2O2. The van der Waals surface area contributed by atoms with Crippen LogP contribution in [0.25, 0.3) is 0 Å². The van der Waals surface area contributed by atoms with Crippen molar-refractivity contribution in [3.63, 3.8) is 0 Å². The molecule has 0 saturated heterocycles. The van der Waals surface area contributed by atoms with E-state index in [1.54, 1.807) is 0 Å². The Morgan fingerprint density at radius 2 is 1.38 bits per heavy atom. The lowest BCUT2D eigenvalue weighted by Crippen LogP contribution is -2.19. The van der Waals surface area contributed by atoms with E-state index in [4.69, 9.17) is 4.74 Å². The molecule has 0 fully saturated rings. The van der Waals surface area contributed by atoms with Crippen molar-refractivity contribution in [3.8, 4) is 0 Å². The molecule has 0 heterocycles. The molecule has 0 spiro atoms. The molecule has 0 amide bonds. The molecule has 4 heteroatoms. The van der Waals surface area contributed by atoms with Crippen LogP contribution in [0, 0.1) is 11.6 Å². The van der Waals surface area contributed by atoms with Crippen molar-refractivity contribution in [1.29, 1.82) is 0 Å². The molecule has 0 aliphatic carbocycles. The average Bonchev–Trinajstić information content (AvgIpc) is 2.62. The zero-order chi connectivity index (χ0) is 19.2. The third kappa shape index (κ3) is 8.77. The SMILES string of the molecule is CCCCCCCCCCCCC(CC)OC(=O)c1c(F)cccc1F. The van der Waals surface area contributed by atoms with Gasteiger partial charge in [-0.3, -0.25) is 0 Å². The second kappa shape index (κ2) is 13.7. The van der Waals surface area contributed by atoms with Gasteiger partial charge in [-0.25, -0.2) is 13.6 Å². The highest BCUT2D eigenvalue weighted by Crippen LogP contribution is 2.18. The van der Waals surface area contributed by atoms with E-state index in [1.165, 1.54) is 57.4 Å². The number of unbranched alkanes of at least 4 members (excludes halogenated alkanes) is 9. The Morgan fingerprint density at radius 3 is 1.88 bits per heavy atom. The molecule has 1 aromatic carbocycles. The number of hydrogen-bond acceptors (Lipinski definition) is 2. The summed E-state index contributed by atoms with van der Waals surface area (Å²) in [7, 11) is 0. The van der Waals surface area contributed by atoms with Gasteiger partial charge >= 0.3 is 5.97 Å². The van der Waals surface area contributed by atoms with Crippen molar-refractivity contribution in [2.45, 2.75) is 97.0 Å². The van der Waals surface area contributed by atoms with Crippen LogP contribution in [0.5, 0.6) is 0 Å². The number of ether oxygens (including phenoxy) is 1. The normalized spacial score (nSPS) is 12.2. The summed E-state index contributed by atoms with van der Waals surface area (Å²) in [6.45, 7) is 4.15. The minimum atomic E-state index is -0.903. The summed E-state index contributed by atoms with van der Waals surface area (Å²) in [5.41, 5.74) is -0.589. The summed E-state index contributed by atoms with van der Waals surface area (Å²) in [6.07, 6.45) is 13.6. The molecule has 1 unspecified atom stereocenters. The molecule has 1 aromatic rings. The Balaban J connectivity index is 2.20. The topological polar surface area (TPSA) is 26.3 Å². The maximum Gasteiger partial charge on any atom is 0.344 e. The number of benzene rings is 1. The van der Waals surface area contributed by atoms with Gasteiger partial charge in [0.1, 0.15) is 23.3 Å². The lowest BCUT2D eigenvalue weighted by Gasteiger charge is -2.16. The van der Waals surface area contributed by atoms with Crippen LogP contribution in [0.4, 0.5) is 8.78 Å². The minimum absolute atomic E-state index is 0.282. The van der Waals surface area contributed by atoms with Crippen LogP contribution in [0.2, 0.25) is 0 Å². The van der Waals surface area contributed by atoms with Crippen molar-refractivity contribution in [2.75, 3.05) is 0 Å². The smallest absolute Gasteiger partial charge is 0.344 e. The number of esters is 1. The maximum atomic E-state index is 13.6. The van der Waals surface area contributed by atoms with Gasteiger partial charge in [0.25, 0.3) is 0 Å². The fourth-order valence-electron chi connectivity index (χ4n) is 3.11. The summed E-state index contributed by atoms with van der Waals surface area (Å²) in [4.78, 5) is 12.0. The molecular weight excluding hydrogens is 334 g/mol. The molecule has 0 bridgehead atoms. The molecule has 26 heavy (non-hydrogen) atoms. The molecule has 0 aromatic heterocycles. The van der Waals surface area contributed by atoms with Crippen LogP contribution in [0.1, 0.15) is 101 Å². The molecule has 148 valence electrons. The maximum absolute atomic E-state index is 13.6. The Kier molecular flexibility index (Phi) is 11.9. The second-order valence-electron chi connectivity index (χ2n) is 7.00. The van der Waals surface area contributed by atoms with Crippen LogP contribution >= 0.6 is 0 Å². The monoisotopic (exact) mass is 368 g/mol. The molecule has 0 radical (unpaired) electrons. The van der Waals surface area contributed by atoms with Crippen LogP contribution in [0.15, 0.2) is 18.2 Å². The van der Waals surface area contributed by atoms with Crippen molar-refractivity contribution in [2.24, 2.45) is 0 Å². The first kappa shape index (κ1) is 22.6. The van der Waals surface area contributed by atoms with E-state index in [0.29, 0.717) is 6.42 Å². The van der Waals surface area contributed by atoms with Gasteiger partial charge in [0, 0.05) is 0 Å². The highest BCUT2D eigenvalue weighted by atomic mass is 19.1. The number of halogens is 2. The van der Waals surface area contributed by atoms with E-state index in [1.807, 2.05) is 6.92 Å². The van der Waals surface area contributed by atoms with Crippen molar-refractivity contribution in [3.05, 3.63) is 35.4 Å². The third-order valence-corrected chi connectivity index (χ3v) is 4.78. The van der Waals surface area contributed by atoms with Gasteiger partial charge in [0.15, 0.2) is 0 Å². The Morgan fingerprint density at radius 1 is 0.885 bits per heavy atom. The van der Waals surface area contributed by atoms with Crippen LogP contribution in [-0.4, -0.2) is 12.1 Å². The quantitative estimate of drug-likeness (QED) is 0.256. The molecule has 0 aliphatic rings. The number of hydrogen-bond donors (Lipinski definition) is 0. The first-order valence-corrected chi connectivity index (χ1v) is 10.2. The van der Waals surface area contributed by atoms with E-state index in [-0.39, 0.29) is 6.10 Å². The summed E-state index contributed by atoms with van der Waals surface area (Å²) in [6, 6.07) is 3.38. The lowest BCUT2D eigenvalue weighted by atomic mass is 10.0. The van der Waals surface area contributed by atoms with Gasteiger partial charge in [-0.1, -0.05) is 77.7 Å². The fraction of sp³-hybridized carbons (Fsp3) is 0.682. The van der Waals surface area contributed by atoms with Gasteiger partial charge in [-0.2, -0.15) is 0 Å². The standard InChI is InChI=1S/C22H34F2O2/c1-3-5-6-7-8-9-10-11-12-13-15-18(4-2)26-22(25)21-19(23)16-14-17-20(21)24/h14,16-18H,3-13,15H2,1-2H3. The zero-order valence-electron chi connectivity index (χ0n) is 16.4. The van der Waals surface area contributed by atoms with E-state index >= 15 is 0 Å². The molecule has 1 atom stereocenters. The third-order valence-electron chi connectivity index (χ3n) is 4.78. The number of carbonyl (C=O) groups is 1. The van der Waals surface area contributed by atoms with Crippen molar-refractivity contribution >= 4 is 5.97 Å². The van der Waals surface area contributed by atoms with Crippen molar-refractivity contribution in [1.82, 2.24) is 0 Å². The summed E-state index contributed by atoms with van der Waals surface area (Å²) >= 11 is 0. The first-order chi connectivity index (χ1) is 12.6. The van der Waals surface area contributed by atoms with Gasteiger partial charge < -0.3 is 4.74 Å². The minimum Gasteiger partial charge on any atom is -0.459 e. The van der Waals surface area contributed by atoms with Gasteiger partial charge in [-0.05, 0) is 31.4 Å². The zero-order valence-corrected chi connectivity index (χ0v) is 16.4. The first-order valence-electron chi connectivity index (χ1n) is 10.2. The number of carbonyl (C=O) groups excluding carboxylic acids is 1. The Bertz CT molecular complexity index is 497. The van der Waals surface area contributed by atoms with Gasteiger partial charge in [-0.15, -0.1) is 0 Å². The van der Waals surface area contributed by atoms with E-state index in [9.17, 15) is 13.6 Å². The Hall–Kier alpha value is -1.45. The van der Waals surface area contributed by atoms with Gasteiger partial charge in [0.05, 0.1) is 0 Å². The number of rotatable bonds is 14. The van der Waals surface area contributed by atoms with Crippen LogP contribution < -0.4 is 0 Å².